The van der Waals surface area contributed by atoms with E-state index < -0.39 is 0 Å². The Morgan fingerprint density at radius 2 is 1.82 bits per heavy atom. The number of amides is 2. The molecule has 0 saturated carbocycles. The number of morpholine rings is 1. The van der Waals surface area contributed by atoms with Gasteiger partial charge in [0.25, 0.3) is 5.91 Å². The molecule has 0 aliphatic carbocycles. The highest BCUT2D eigenvalue weighted by atomic mass is 35.5. The van der Waals surface area contributed by atoms with Crippen LogP contribution in [0.5, 0.6) is 11.5 Å². The van der Waals surface area contributed by atoms with Gasteiger partial charge in [0.05, 0.1) is 17.7 Å². The molecule has 7 heteroatoms. The third-order valence-corrected chi connectivity index (χ3v) is 5.87. The Hall–Kier alpha value is -3.61. The Morgan fingerprint density at radius 1 is 1.03 bits per heavy atom. The number of rotatable bonds is 5. The molecule has 1 atom stereocenters. The number of halogens is 1. The number of para-hydroxylation sites is 1. The minimum absolute atomic E-state index is 0.0209. The zero-order valence-corrected chi connectivity index (χ0v) is 18.4. The van der Waals surface area contributed by atoms with Crippen molar-refractivity contribution >= 4 is 40.8 Å². The van der Waals surface area contributed by atoms with E-state index in [1.807, 2.05) is 60.7 Å². The van der Waals surface area contributed by atoms with Crippen LogP contribution in [0.2, 0.25) is 5.02 Å². The third-order valence-electron chi connectivity index (χ3n) is 5.54. The van der Waals surface area contributed by atoms with E-state index in [-0.39, 0.29) is 24.5 Å². The van der Waals surface area contributed by atoms with Crippen molar-refractivity contribution in [3.8, 4) is 11.5 Å². The predicted molar refractivity (Wildman–Crippen MR) is 127 cm³/mol. The molecule has 0 spiro atoms. The normalized spacial score (nSPS) is 18.6. The van der Waals surface area contributed by atoms with Gasteiger partial charge in [0, 0.05) is 16.8 Å². The summed E-state index contributed by atoms with van der Waals surface area (Å²) in [6, 6.07) is 20.6. The van der Waals surface area contributed by atoms with Gasteiger partial charge in [0.2, 0.25) is 5.91 Å². The quantitative estimate of drug-likeness (QED) is 0.542. The lowest BCUT2D eigenvalue weighted by molar-refractivity contribution is -0.131. The molecule has 0 aromatic heterocycles. The predicted octanol–water partition coefficient (Wildman–Crippen LogP) is 4.68. The van der Waals surface area contributed by atoms with Gasteiger partial charge in [0.15, 0.2) is 0 Å². The van der Waals surface area contributed by atoms with Crippen molar-refractivity contribution in [2.45, 2.75) is 12.5 Å². The van der Waals surface area contributed by atoms with Crippen LogP contribution in [0.3, 0.4) is 0 Å². The van der Waals surface area contributed by atoms with Crippen LogP contribution in [-0.2, 0) is 20.7 Å². The number of nitrogens with one attached hydrogen (secondary N) is 2. The molecular weight excluding hydrogens is 440 g/mol. The molecule has 1 saturated heterocycles. The largest absolute Gasteiger partial charge is 0.457 e. The molecule has 0 radical (unpaired) electrons. The Bertz CT molecular complexity index is 1250. The fourth-order valence-electron chi connectivity index (χ4n) is 3.96. The van der Waals surface area contributed by atoms with Gasteiger partial charge < -0.3 is 20.1 Å². The highest BCUT2D eigenvalue weighted by Gasteiger charge is 2.23. The molecule has 0 bridgehead atoms. The number of hydrogen-bond acceptors (Lipinski definition) is 4. The van der Waals surface area contributed by atoms with E-state index in [0.717, 1.165) is 22.4 Å². The van der Waals surface area contributed by atoms with E-state index in [1.54, 1.807) is 12.1 Å². The van der Waals surface area contributed by atoms with Gasteiger partial charge in [-0.2, -0.15) is 0 Å². The van der Waals surface area contributed by atoms with Gasteiger partial charge in [-0.05, 0) is 60.0 Å². The maximum atomic E-state index is 12.3. The first-order chi connectivity index (χ1) is 16.0. The average molecular weight is 461 g/mol. The average Bonchev–Trinajstić information content (AvgIpc) is 3.12. The summed E-state index contributed by atoms with van der Waals surface area (Å²) >= 11 is 6.49. The fraction of sp³-hybridized carbons (Fsp3) is 0.154. The molecule has 166 valence electrons. The molecule has 1 unspecified atom stereocenters. The summed E-state index contributed by atoms with van der Waals surface area (Å²) in [5.41, 5.74) is 4.05. The monoisotopic (exact) mass is 460 g/mol. The number of ether oxygens (including phenoxy) is 2. The fourth-order valence-corrected chi connectivity index (χ4v) is 4.18. The van der Waals surface area contributed by atoms with Gasteiger partial charge in [0.1, 0.15) is 18.1 Å². The molecule has 5 rings (SSSR count). The zero-order valence-electron chi connectivity index (χ0n) is 17.6. The van der Waals surface area contributed by atoms with Gasteiger partial charge in [-0.25, -0.2) is 0 Å². The van der Waals surface area contributed by atoms with E-state index >= 15 is 0 Å². The van der Waals surface area contributed by atoms with E-state index in [1.165, 1.54) is 0 Å². The highest BCUT2D eigenvalue weighted by molar-refractivity contribution is 6.37. The first-order valence-electron chi connectivity index (χ1n) is 10.6. The summed E-state index contributed by atoms with van der Waals surface area (Å²) in [5.74, 6) is 1.04. The van der Waals surface area contributed by atoms with Crippen LogP contribution in [0.1, 0.15) is 16.7 Å². The van der Waals surface area contributed by atoms with Crippen molar-refractivity contribution in [2.24, 2.45) is 0 Å². The van der Waals surface area contributed by atoms with E-state index in [4.69, 9.17) is 21.1 Å². The van der Waals surface area contributed by atoms with Gasteiger partial charge >= 0.3 is 0 Å². The third kappa shape index (κ3) is 4.77. The number of fused-ring (bicyclic) bond motifs is 1. The summed E-state index contributed by atoms with van der Waals surface area (Å²) in [6.07, 6.45) is 2.48. The van der Waals surface area contributed by atoms with Crippen molar-refractivity contribution in [1.82, 2.24) is 5.32 Å². The van der Waals surface area contributed by atoms with Crippen molar-refractivity contribution in [3.63, 3.8) is 0 Å². The van der Waals surface area contributed by atoms with Crippen LogP contribution < -0.4 is 15.4 Å². The summed E-state index contributed by atoms with van der Waals surface area (Å²) in [4.78, 5) is 23.8. The van der Waals surface area contributed by atoms with Crippen LogP contribution >= 0.6 is 11.6 Å². The molecule has 2 amide bonds. The lowest BCUT2D eigenvalue weighted by Gasteiger charge is -2.23. The number of carbonyl (C=O) groups excluding carboxylic acids is 2. The molecule has 3 aromatic carbocycles. The topological polar surface area (TPSA) is 76.7 Å². The maximum absolute atomic E-state index is 12.3. The molecule has 2 N–H and O–H groups in total. The minimum Gasteiger partial charge on any atom is -0.457 e. The number of anilines is 1. The number of benzene rings is 3. The summed E-state index contributed by atoms with van der Waals surface area (Å²) in [5, 5.41) is 6.27. The second-order valence-corrected chi connectivity index (χ2v) is 8.38. The number of hydrogen-bond donors (Lipinski definition) is 2. The van der Waals surface area contributed by atoms with Crippen LogP contribution in [0.4, 0.5) is 5.69 Å². The molecule has 1 fully saturated rings. The molecule has 2 aliphatic heterocycles. The molecule has 3 aromatic rings. The van der Waals surface area contributed by atoms with Gasteiger partial charge in [-0.3, -0.25) is 9.59 Å². The standard InChI is InChI=1S/C26H21ClN2O4/c27-23-13-20(10-7-17(23)12-22-21-3-1-2-4-24(21)29-26(22)31)33-19-8-5-16(6-9-19)11-18-14-32-15-25(30)28-18/h1-10,12-13,18H,11,14-15H2,(H,28,30)(H,29,31)/b22-12+. The lowest BCUT2D eigenvalue weighted by atomic mass is 10.0. The van der Waals surface area contributed by atoms with Gasteiger partial charge in [-0.15, -0.1) is 0 Å². The number of carbonyl (C=O) groups is 2. The molecule has 2 aliphatic rings. The van der Waals surface area contributed by atoms with E-state index in [2.05, 4.69) is 10.6 Å². The van der Waals surface area contributed by atoms with Crippen molar-refractivity contribution in [3.05, 3.63) is 88.4 Å². The Kier molecular flexibility index (Phi) is 5.86. The zero-order chi connectivity index (χ0) is 22.8. The highest BCUT2D eigenvalue weighted by Crippen LogP contribution is 2.35. The Labute approximate surface area is 196 Å². The first kappa shape index (κ1) is 21.2. The van der Waals surface area contributed by atoms with Crippen molar-refractivity contribution in [1.29, 1.82) is 0 Å². The molecule has 33 heavy (non-hydrogen) atoms. The van der Waals surface area contributed by atoms with Crippen LogP contribution in [-0.4, -0.2) is 31.1 Å². The van der Waals surface area contributed by atoms with Crippen LogP contribution in [0.15, 0.2) is 66.7 Å². The second-order valence-electron chi connectivity index (χ2n) is 7.97. The molecule has 2 heterocycles. The minimum atomic E-state index is -0.146. The summed E-state index contributed by atoms with van der Waals surface area (Å²) in [6.45, 7) is 0.639. The second kappa shape index (κ2) is 9.10. The van der Waals surface area contributed by atoms with Crippen molar-refractivity contribution < 1.29 is 19.1 Å². The summed E-state index contributed by atoms with van der Waals surface area (Å²) in [7, 11) is 0. The van der Waals surface area contributed by atoms with Crippen molar-refractivity contribution in [2.75, 3.05) is 18.5 Å². The Morgan fingerprint density at radius 3 is 2.61 bits per heavy atom. The molecule has 6 nitrogen and oxygen atoms in total. The summed E-state index contributed by atoms with van der Waals surface area (Å²) < 4.78 is 11.2. The maximum Gasteiger partial charge on any atom is 0.256 e. The first-order valence-corrected chi connectivity index (χ1v) is 11.0. The lowest BCUT2D eigenvalue weighted by Crippen LogP contribution is -2.46. The SMILES string of the molecule is O=C1COCC(Cc2ccc(Oc3ccc(/C=C4/C(=O)Nc5ccccc54)c(Cl)c3)cc2)N1. The van der Waals surface area contributed by atoms with Crippen LogP contribution in [0.25, 0.3) is 11.6 Å². The Balaban J connectivity index is 1.27. The van der Waals surface area contributed by atoms with Crippen LogP contribution in [0, 0.1) is 0 Å². The van der Waals surface area contributed by atoms with Gasteiger partial charge in [-0.1, -0.05) is 41.9 Å². The van der Waals surface area contributed by atoms with E-state index in [0.29, 0.717) is 35.1 Å². The van der Waals surface area contributed by atoms with E-state index in [9.17, 15) is 9.59 Å². The molecular formula is C26H21ClN2O4. The smallest absolute Gasteiger partial charge is 0.256 e.